The third-order valence-corrected chi connectivity index (χ3v) is 9.27. The largest absolute Gasteiger partial charge is 0.290 e. The Morgan fingerprint density at radius 3 is 2.76 bits per heavy atom. The lowest BCUT2D eigenvalue weighted by Gasteiger charge is -2.37. The summed E-state index contributed by atoms with van der Waals surface area (Å²) < 4.78 is 29.0. The van der Waals surface area contributed by atoms with Gasteiger partial charge in [-0.25, -0.2) is 13.4 Å². The Bertz CT molecular complexity index is 1840. The van der Waals surface area contributed by atoms with Crippen LogP contribution in [0, 0.1) is 5.92 Å². The van der Waals surface area contributed by atoms with Crippen molar-refractivity contribution in [1.82, 2.24) is 9.55 Å². The lowest BCUT2D eigenvalue weighted by atomic mass is 9.67. The predicted molar refractivity (Wildman–Crippen MR) is 132 cm³/mol. The molecule has 0 saturated heterocycles. The van der Waals surface area contributed by atoms with Crippen LogP contribution in [0.25, 0.3) is 22.3 Å². The number of sulfone groups is 1. The van der Waals surface area contributed by atoms with Crippen molar-refractivity contribution in [1.29, 1.82) is 0 Å². The van der Waals surface area contributed by atoms with Crippen LogP contribution in [0.15, 0.2) is 129 Å². The quantitative estimate of drug-likeness (QED) is 0.362. The number of allylic oxidation sites excluding steroid dienone is 14. The Labute approximate surface area is 196 Å². The summed E-state index contributed by atoms with van der Waals surface area (Å²) in [6.07, 6.45) is 18.5. The number of rotatable bonds is 1. The number of nitrogens with zero attached hydrogens (tertiary/aromatic N) is 2. The van der Waals surface area contributed by atoms with Crippen molar-refractivity contribution in [2.45, 2.75) is 16.2 Å². The SMILES string of the molecule is O=S1(=O)c2ccccc2-n2c(C3=C4C=CC=C5C=CC6=C(C(=C3)CC=C6)C54)nc3cccc1c32. The van der Waals surface area contributed by atoms with Gasteiger partial charge >= 0.3 is 0 Å². The van der Waals surface area contributed by atoms with Crippen molar-refractivity contribution < 1.29 is 8.42 Å². The average molecular weight is 459 g/mol. The van der Waals surface area contributed by atoms with E-state index >= 15 is 0 Å². The zero-order valence-electron chi connectivity index (χ0n) is 18.1. The smallest absolute Gasteiger partial charge is 0.210 e. The molecule has 1 aliphatic heterocycles. The van der Waals surface area contributed by atoms with Crippen molar-refractivity contribution in [3.8, 4) is 5.69 Å². The van der Waals surface area contributed by atoms with Gasteiger partial charge in [-0.15, -0.1) is 0 Å². The molecule has 4 aliphatic carbocycles. The number of aromatic nitrogens is 2. The second-order valence-electron chi connectivity index (χ2n) is 9.17. The van der Waals surface area contributed by atoms with E-state index in [9.17, 15) is 8.42 Å². The summed E-state index contributed by atoms with van der Waals surface area (Å²) in [5, 5.41) is 0. The Morgan fingerprint density at radius 1 is 0.941 bits per heavy atom. The average Bonchev–Trinajstić information content (AvgIpc) is 3.26. The Kier molecular flexibility index (Phi) is 3.33. The molecule has 2 heterocycles. The molecular formula is C29H18N2O2S. The van der Waals surface area contributed by atoms with Crippen LogP contribution in [0.4, 0.5) is 0 Å². The fourth-order valence-electron chi connectivity index (χ4n) is 6.04. The third kappa shape index (κ3) is 2.13. The van der Waals surface area contributed by atoms with Crippen LogP contribution in [-0.4, -0.2) is 18.0 Å². The van der Waals surface area contributed by atoms with Crippen molar-refractivity contribution in [3.63, 3.8) is 0 Å². The molecule has 8 rings (SSSR count). The van der Waals surface area contributed by atoms with Crippen LogP contribution >= 0.6 is 0 Å². The molecule has 0 amide bonds. The zero-order chi connectivity index (χ0) is 22.6. The van der Waals surface area contributed by atoms with Gasteiger partial charge in [-0.05, 0) is 64.6 Å². The predicted octanol–water partition coefficient (Wildman–Crippen LogP) is 5.80. The Balaban J connectivity index is 1.51. The fraction of sp³-hybridized carbons (Fsp3) is 0.0690. The van der Waals surface area contributed by atoms with Crippen LogP contribution in [0.2, 0.25) is 0 Å². The second-order valence-corrected chi connectivity index (χ2v) is 11.1. The van der Waals surface area contributed by atoms with E-state index in [1.54, 1.807) is 24.3 Å². The summed E-state index contributed by atoms with van der Waals surface area (Å²) in [5.41, 5.74) is 9.55. The number of fused-ring (bicyclic) bond motifs is 2. The molecule has 1 atom stereocenters. The van der Waals surface area contributed by atoms with E-state index in [4.69, 9.17) is 4.98 Å². The molecule has 0 spiro atoms. The maximum absolute atomic E-state index is 13.5. The van der Waals surface area contributed by atoms with Gasteiger partial charge in [0.15, 0.2) is 0 Å². The molecule has 2 aromatic carbocycles. The van der Waals surface area contributed by atoms with E-state index in [0.29, 0.717) is 26.5 Å². The van der Waals surface area contributed by atoms with E-state index in [0.717, 1.165) is 17.8 Å². The van der Waals surface area contributed by atoms with Crippen LogP contribution in [0.5, 0.6) is 0 Å². The number of benzene rings is 2. The lowest BCUT2D eigenvalue weighted by Crippen LogP contribution is -2.23. The van der Waals surface area contributed by atoms with Gasteiger partial charge in [0.05, 0.1) is 26.5 Å². The molecule has 34 heavy (non-hydrogen) atoms. The maximum atomic E-state index is 13.5. The van der Waals surface area contributed by atoms with Gasteiger partial charge in [-0.2, -0.15) is 0 Å². The van der Waals surface area contributed by atoms with Crippen LogP contribution in [0.1, 0.15) is 12.2 Å². The van der Waals surface area contributed by atoms with E-state index in [1.165, 1.54) is 27.9 Å². The van der Waals surface area contributed by atoms with Gasteiger partial charge in [0.25, 0.3) is 0 Å². The van der Waals surface area contributed by atoms with Gasteiger partial charge in [0, 0.05) is 11.5 Å². The second kappa shape index (κ2) is 6.13. The lowest BCUT2D eigenvalue weighted by molar-refractivity contribution is 0.594. The molecule has 3 aromatic rings. The van der Waals surface area contributed by atoms with Gasteiger partial charge in [-0.3, -0.25) is 4.57 Å². The third-order valence-electron chi connectivity index (χ3n) is 7.44. The summed E-state index contributed by atoms with van der Waals surface area (Å²) in [5.74, 6) is 0.975. The molecule has 0 fully saturated rings. The highest BCUT2D eigenvalue weighted by Crippen LogP contribution is 2.51. The summed E-state index contributed by atoms with van der Waals surface area (Å²) in [7, 11) is -3.62. The van der Waals surface area contributed by atoms with Crippen LogP contribution in [0.3, 0.4) is 0 Å². The molecule has 0 radical (unpaired) electrons. The molecule has 1 aromatic heterocycles. The van der Waals surface area contributed by atoms with E-state index in [-0.39, 0.29) is 5.92 Å². The first kappa shape index (κ1) is 18.5. The number of hydrogen-bond donors (Lipinski definition) is 0. The molecule has 5 heteroatoms. The highest BCUT2D eigenvalue weighted by atomic mass is 32.2. The van der Waals surface area contributed by atoms with Crippen molar-refractivity contribution in [2.24, 2.45) is 5.92 Å². The maximum Gasteiger partial charge on any atom is 0.210 e. The molecular weight excluding hydrogens is 440 g/mol. The van der Waals surface area contributed by atoms with E-state index in [2.05, 4.69) is 53.2 Å². The van der Waals surface area contributed by atoms with Gasteiger partial charge in [0.2, 0.25) is 9.84 Å². The highest BCUT2D eigenvalue weighted by molar-refractivity contribution is 7.92. The highest BCUT2D eigenvalue weighted by Gasteiger charge is 2.38. The molecule has 5 aliphatic rings. The number of imidazole rings is 1. The molecule has 4 nitrogen and oxygen atoms in total. The van der Waals surface area contributed by atoms with E-state index in [1.807, 2.05) is 18.2 Å². The molecule has 162 valence electrons. The molecule has 1 unspecified atom stereocenters. The summed E-state index contributed by atoms with van der Waals surface area (Å²) >= 11 is 0. The molecule has 0 N–H and O–H groups in total. The minimum atomic E-state index is -3.62. The first-order valence-corrected chi connectivity index (χ1v) is 12.9. The summed E-state index contributed by atoms with van der Waals surface area (Å²) in [6, 6.07) is 12.6. The zero-order valence-corrected chi connectivity index (χ0v) is 18.9. The first-order chi connectivity index (χ1) is 16.6. The first-order valence-electron chi connectivity index (χ1n) is 11.4. The molecule has 0 saturated carbocycles. The van der Waals surface area contributed by atoms with Gasteiger partial charge in [-0.1, -0.05) is 60.7 Å². The molecule has 0 bridgehead atoms. The monoisotopic (exact) mass is 458 g/mol. The standard InChI is InChI=1S/C29H18N2O2S/c32-34(33)24-12-2-1-11-23(24)31-28-22(10-5-13-25(28)34)30-29(31)21-16-19-8-3-6-17-14-15-18-7-4-9-20(21)27(18)26(17)19/h1-7,9-16,27H,8H2. The fourth-order valence-corrected chi connectivity index (χ4v) is 7.68. The minimum absolute atomic E-state index is 0.180. The minimum Gasteiger partial charge on any atom is -0.290 e. The van der Waals surface area contributed by atoms with Gasteiger partial charge in [0.1, 0.15) is 5.82 Å². The Morgan fingerprint density at radius 2 is 1.82 bits per heavy atom. The number of hydrogen-bond acceptors (Lipinski definition) is 3. The van der Waals surface area contributed by atoms with Crippen LogP contribution < -0.4 is 0 Å². The number of para-hydroxylation sites is 2. The Hall–Kier alpha value is -3.96. The topological polar surface area (TPSA) is 52.0 Å². The summed E-state index contributed by atoms with van der Waals surface area (Å²) in [6.45, 7) is 0. The van der Waals surface area contributed by atoms with Gasteiger partial charge < -0.3 is 0 Å². The van der Waals surface area contributed by atoms with Crippen LogP contribution in [-0.2, 0) is 9.84 Å². The van der Waals surface area contributed by atoms with Crippen molar-refractivity contribution in [3.05, 3.63) is 125 Å². The van der Waals surface area contributed by atoms with E-state index < -0.39 is 9.84 Å². The summed E-state index contributed by atoms with van der Waals surface area (Å²) in [4.78, 5) is 5.70. The normalized spacial score (nSPS) is 22.5. The van der Waals surface area contributed by atoms with Crippen molar-refractivity contribution in [2.75, 3.05) is 0 Å². The van der Waals surface area contributed by atoms with Crippen molar-refractivity contribution >= 4 is 26.4 Å².